The number of amides is 1. The Hall–Kier alpha value is -2.65. The van der Waals surface area contributed by atoms with Gasteiger partial charge in [0.1, 0.15) is 6.33 Å². The van der Waals surface area contributed by atoms with E-state index in [4.69, 9.17) is 0 Å². The molecule has 1 amide bonds. The summed E-state index contributed by atoms with van der Waals surface area (Å²) in [6, 6.07) is 13.9. The third-order valence-electron chi connectivity index (χ3n) is 4.66. The minimum atomic E-state index is -3.24. The maximum Gasteiger partial charge on any atom is 0.254 e. The monoisotopic (exact) mass is 430 g/mol. The zero-order chi connectivity index (χ0) is 21.0. The fourth-order valence-corrected chi connectivity index (χ4v) is 4.12. The highest BCUT2D eigenvalue weighted by Crippen LogP contribution is 2.23. The number of benzene rings is 2. The predicted molar refractivity (Wildman–Crippen MR) is 112 cm³/mol. The van der Waals surface area contributed by atoms with Crippen LogP contribution in [-0.4, -0.2) is 47.7 Å². The molecule has 2 aromatic carbocycles. The van der Waals surface area contributed by atoms with Crippen molar-refractivity contribution in [1.29, 1.82) is 0 Å². The molecule has 0 aliphatic heterocycles. The highest BCUT2D eigenvalue weighted by Gasteiger charge is 2.19. The fraction of sp³-hybridized carbons (Fsp3) is 0.250. The zero-order valence-corrected chi connectivity index (χ0v) is 18.0. The number of rotatable bonds is 7. The lowest BCUT2D eigenvalue weighted by atomic mass is 10.1. The van der Waals surface area contributed by atoms with Crippen molar-refractivity contribution in [3.63, 3.8) is 0 Å². The number of nitrogens with one attached hydrogen (secondary N) is 1. The summed E-state index contributed by atoms with van der Waals surface area (Å²) in [4.78, 5) is 18.8. The van der Waals surface area contributed by atoms with Crippen LogP contribution in [0.15, 0.2) is 64.9 Å². The van der Waals surface area contributed by atoms with E-state index in [1.54, 1.807) is 36.2 Å². The molecule has 0 saturated carbocycles. The summed E-state index contributed by atoms with van der Waals surface area (Å²) in [7, 11) is -1.50. The van der Waals surface area contributed by atoms with E-state index < -0.39 is 9.84 Å². The van der Waals surface area contributed by atoms with Crippen LogP contribution < -0.4 is 0 Å². The second-order valence-electron chi connectivity index (χ2n) is 6.71. The number of sulfone groups is 1. The molecule has 1 atom stereocenters. The molecule has 0 saturated heterocycles. The summed E-state index contributed by atoms with van der Waals surface area (Å²) >= 11 is 1.54. The lowest BCUT2D eigenvalue weighted by Crippen LogP contribution is -2.29. The van der Waals surface area contributed by atoms with Crippen molar-refractivity contribution in [3.8, 4) is 0 Å². The second kappa shape index (κ2) is 8.79. The number of hydrogen-bond acceptors (Lipinski definition) is 6. The van der Waals surface area contributed by atoms with Crippen molar-refractivity contribution < 1.29 is 13.2 Å². The van der Waals surface area contributed by atoms with Gasteiger partial charge in [-0.25, -0.2) is 13.4 Å². The van der Waals surface area contributed by atoms with Gasteiger partial charge in [-0.3, -0.25) is 9.89 Å². The van der Waals surface area contributed by atoms with Crippen LogP contribution in [0.1, 0.15) is 34.5 Å². The topological polar surface area (TPSA) is 96.0 Å². The van der Waals surface area contributed by atoms with Crippen LogP contribution in [0.3, 0.4) is 0 Å². The van der Waals surface area contributed by atoms with Crippen LogP contribution in [0.4, 0.5) is 0 Å². The quantitative estimate of drug-likeness (QED) is 0.578. The number of carbonyl (C=O) groups excluding carboxylic acids is 1. The number of aromatic amines is 1. The van der Waals surface area contributed by atoms with E-state index in [-0.39, 0.29) is 16.8 Å². The number of hydrogen-bond donors (Lipinski definition) is 1. The summed E-state index contributed by atoms with van der Waals surface area (Å²) in [6.45, 7) is 1.91. The van der Waals surface area contributed by atoms with Gasteiger partial charge in [-0.2, -0.15) is 5.10 Å². The highest BCUT2D eigenvalue weighted by atomic mass is 32.2. The third kappa shape index (κ3) is 5.24. The summed E-state index contributed by atoms with van der Waals surface area (Å²) < 4.78 is 23.2. The predicted octanol–water partition coefficient (Wildman–Crippen LogP) is 3.33. The van der Waals surface area contributed by atoms with E-state index in [1.165, 1.54) is 24.3 Å². The first-order chi connectivity index (χ1) is 13.8. The summed E-state index contributed by atoms with van der Waals surface area (Å²) in [5.74, 6) is 0.627. The smallest absolute Gasteiger partial charge is 0.254 e. The number of aromatic nitrogens is 3. The average molecular weight is 431 g/mol. The molecule has 1 N–H and O–H groups in total. The molecule has 1 unspecified atom stereocenters. The molecule has 0 aliphatic carbocycles. The van der Waals surface area contributed by atoms with Crippen LogP contribution in [-0.2, 0) is 15.6 Å². The van der Waals surface area contributed by atoms with Crippen molar-refractivity contribution in [3.05, 3.63) is 71.5 Å². The van der Waals surface area contributed by atoms with Gasteiger partial charge in [0, 0.05) is 24.6 Å². The van der Waals surface area contributed by atoms with Gasteiger partial charge in [-0.15, -0.1) is 0 Å². The first kappa shape index (κ1) is 21.1. The fourth-order valence-electron chi connectivity index (χ4n) is 2.76. The molecule has 0 spiro atoms. The van der Waals surface area contributed by atoms with Gasteiger partial charge in [-0.1, -0.05) is 36.0 Å². The van der Waals surface area contributed by atoms with Gasteiger partial charge in [0.25, 0.3) is 5.91 Å². The molecular weight excluding hydrogens is 408 g/mol. The standard InChI is InChI=1S/C20H22N4O3S2/c1-14(16-8-10-18(11-9-16)29(3,26)27)24(2)19(25)17-6-4-15(5-7-17)12-28-20-21-13-22-23-20/h4-11,13-14H,12H2,1-3H3,(H,21,22,23). The van der Waals surface area contributed by atoms with Crippen LogP contribution in [0.25, 0.3) is 0 Å². The molecule has 152 valence electrons. The number of H-pyrrole nitrogens is 1. The Bertz CT molecular complexity index is 1060. The SMILES string of the molecule is CC(c1ccc(S(C)(=O)=O)cc1)N(C)C(=O)c1ccc(CSc2ncn[nH]2)cc1. The number of carbonyl (C=O) groups is 1. The zero-order valence-electron chi connectivity index (χ0n) is 16.4. The molecule has 3 rings (SSSR count). The van der Waals surface area contributed by atoms with E-state index in [1.807, 2.05) is 31.2 Å². The van der Waals surface area contributed by atoms with E-state index in [9.17, 15) is 13.2 Å². The molecule has 0 fully saturated rings. The maximum absolute atomic E-state index is 12.8. The molecule has 1 aromatic heterocycles. The van der Waals surface area contributed by atoms with E-state index in [2.05, 4.69) is 15.2 Å². The summed E-state index contributed by atoms with van der Waals surface area (Å²) in [6.07, 6.45) is 2.64. The minimum Gasteiger partial charge on any atom is -0.335 e. The molecule has 0 aliphatic rings. The van der Waals surface area contributed by atoms with E-state index in [0.717, 1.165) is 22.0 Å². The number of nitrogens with zero attached hydrogens (tertiary/aromatic N) is 3. The largest absolute Gasteiger partial charge is 0.335 e. The molecule has 0 bridgehead atoms. The van der Waals surface area contributed by atoms with Crippen LogP contribution >= 0.6 is 11.8 Å². The van der Waals surface area contributed by atoms with Crippen molar-refractivity contribution >= 4 is 27.5 Å². The maximum atomic E-state index is 12.8. The minimum absolute atomic E-state index is 0.0980. The highest BCUT2D eigenvalue weighted by molar-refractivity contribution is 7.98. The van der Waals surface area contributed by atoms with Gasteiger partial charge >= 0.3 is 0 Å². The van der Waals surface area contributed by atoms with Crippen molar-refractivity contribution in [1.82, 2.24) is 20.1 Å². The average Bonchev–Trinajstić information content (AvgIpc) is 3.24. The van der Waals surface area contributed by atoms with Gasteiger partial charge in [0.15, 0.2) is 15.0 Å². The van der Waals surface area contributed by atoms with Crippen LogP contribution in [0.2, 0.25) is 0 Å². The Labute approximate surface area is 174 Å². The lowest BCUT2D eigenvalue weighted by Gasteiger charge is -2.25. The molecule has 3 aromatic rings. The van der Waals surface area contributed by atoms with E-state index in [0.29, 0.717) is 5.56 Å². The van der Waals surface area contributed by atoms with Crippen molar-refractivity contribution in [2.45, 2.75) is 28.8 Å². The Morgan fingerprint density at radius 1 is 1.14 bits per heavy atom. The van der Waals surface area contributed by atoms with E-state index >= 15 is 0 Å². The Morgan fingerprint density at radius 2 is 1.79 bits per heavy atom. The van der Waals surface area contributed by atoms with Gasteiger partial charge in [0.2, 0.25) is 0 Å². The summed E-state index contributed by atoms with van der Waals surface area (Å²) in [5, 5.41) is 7.36. The Kier molecular flexibility index (Phi) is 6.39. The van der Waals surface area contributed by atoms with Gasteiger partial charge in [-0.05, 0) is 42.3 Å². The third-order valence-corrected chi connectivity index (χ3v) is 6.74. The second-order valence-corrected chi connectivity index (χ2v) is 9.69. The summed E-state index contributed by atoms with van der Waals surface area (Å²) in [5.41, 5.74) is 2.55. The van der Waals surface area contributed by atoms with Crippen LogP contribution in [0, 0.1) is 0 Å². The first-order valence-electron chi connectivity index (χ1n) is 8.90. The van der Waals surface area contributed by atoms with Crippen molar-refractivity contribution in [2.75, 3.05) is 13.3 Å². The Morgan fingerprint density at radius 3 is 2.34 bits per heavy atom. The molecular formula is C20H22N4O3S2. The molecule has 0 radical (unpaired) electrons. The van der Waals surface area contributed by atoms with Crippen LogP contribution in [0.5, 0.6) is 0 Å². The first-order valence-corrected chi connectivity index (χ1v) is 11.8. The Balaban J connectivity index is 1.65. The molecule has 29 heavy (non-hydrogen) atoms. The van der Waals surface area contributed by atoms with Gasteiger partial charge < -0.3 is 4.90 Å². The van der Waals surface area contributed by atoms with Crippen molar-refractivity contribution in [2.24, 2.45) is 0 Å². The van der Waals surface area contributed by atoms with Gasteiger partial charge in [0.05, 0.1) is 10.9 Å². The normalized spacial score (nSPS) is 12.5. The molecule has 7 nitrogen and oxygen atoms in total. The molecule has 1 heterocycles. The lowest BCUT2D eigenvalue weighted by molar-refractivity contribution is 0.0742. The molecule has 9 heteroatoms. The number of thioether (sulfide) groups is 1.